The summed E-state index contributed by atoms with van der Waals surface area (Å²) in [5.74, 6) is -6.07. The molecule has 12 nitrogen and oxygen atoms in total. The minimum atomic E-state index is -5.82. The SMILES string of the molecule is CCC(OC)OC(=O)C1C2CC3C(OC(=O)C31)C2OC(=O)CCC(=O)OC(C)C(F)(F)S(=O)(=O)O. The molecule has 0 aromatic carbocycles. The van der Waals surface area contributed by atoms with E-state index in [2.05, 4.69) is 4.74 Å². The average Bonchev–Trinajstić information content (AvgIpc) is 3.38. The van der Waals surface area contributed by atoms with Gasteiger partial charge in [0.05, 0.1) is 24.7 Å². The molecular weight excluding hydrogens is 502 g/mol. The van der Waals surface area contributed by atoms with Crippen molar-refractivity contribution in [1.29, 1.82) is 0 Å². The predicted octanol–water partition coefficient (Wildman–Crippen LogP) is 0.824. The molecule has 2 saturated carbocycles. The molecule has 0 spiro atoms. The summed E-state index contributed by atoms with van der Waals surface area (Å²) in [6.45, 7) is 2.30. The number of halogens is 2. The van der Waals surface area contributed by atoms with Gasteiger partial charge in [0.1, 0.15) is 12.2 Å². The van der Waals surface area contributed by atoms with Crippen LogP contribution in [0.4, 0.5) is 8.78 Å². The Morgan fingerprint density at radius 2 is 1.80 bits per heavy atom. The molecule has 198 valence electrons. The van der Waals surface area contributed by atoms with Crippen LogP contribution in [0.15, 0.2) is 0 Å². The summed E-state index contributed by atoms with van der Waals surface area (Å²) >= 11 is 0. The van der Waals surface area contributed by atoms with Crippen molar-refractivity contribution in [2.75, 3.05) is 7.11 Å². The van der Waals surface area contributed by atoms with E-state index < -0.39 is 94.4 Å². The monoisotopic (exact) mass is 528 g/mol. The molecule has 3 aliphatic rings. The Hall–Kier alpha value is -2.39. The summed E-state index contributed by atoms with van der Waals surface area (Å²) in [4.78, 5) is 49.2. The van der Waals surface area contributed by atoms with Gasteiger partial charge in [0, 0.05) is 25.4 Å². The molecule has 35 heavy (non-hydrogen) atoms. The van der Waals surface area contributed by atoms with Gasteiger partial charge in [-0.1, -0.05) is 6.92 Å². The van der Waals surface area contributed by atoms with Crippen molar-refractivity contribution in [2.24, 2.45) is 23.7 Å². The molecule has 3 rings (SSSR count). The van der Waals surface area contributed by atoms with Gasteiger partial charge < -0.3 is 23.7 Å². The van der Waals surface area contributed by atoms with Crippen LogP contribution in [0.2, 0.25) is 0 Å². The fourth-order valence-electron chi connectivity index (χ4n) is 4.92. The Kier molecular flexibility index (Phi) is 7.72. The van der Waals surface area contributed by atoms with Crippen molar-refractivity contribution >= 4 is 34.0 Å². The number of fused-ring (bicyclic) bond motifs is 1. The molecule has 3 fully saturated rings. The molecule has 2 aliphatic carbocycles. The molecule has 1 heterocycles. The van der Waals surface area contributed by atoms with Gasteiger partial charge in [0.25, 0.3) is 0 Å². The first kappa shape index (κ1) is 27.2. The first-order valence-corrected chi connectivity index (χ1v) is 12.3. The van der Waals surface area contributed by atoms with E-state index in [0.29, 0.717) is 19.8 Å². The molecule has 2 bridgehead atoms. The maximum absolute atomic E-state index is 13.5. The molecule has 1 aliphatic heterocycles. The van der Waals surface area contributed by atoms with Crippen molar-refractivity contribution in [1.82, 2.24) is 0 Å². The second kappa shape index (κ2) is 9.93. The summed E-state index contributed by atoms with van der Waals surface area (Å²) in [5.41, 5.74) is 0. The molecule has 1 N–H and O–H groups in total. The number of carbonyl (C=O) groups is 4. The highest BCUT2D eigenvalue weighted by Gasteiger charge is 2.70. The summed E-state index contributed by atoms with van der Waals surface area (Å²) < 4.78 is 82.3. The average molecular weight is 528 g/mol. The van der Waals surface area contributed by atoms with Gasteiger partial charge in [-0.05, 0) is 13.3 Å². The smallest absolute Gasteiger partial charge is 0.405 e. The van der Waals surface area contributed by atoms with E-state index in [1.165, 1.54) is 7.11 Å². The molecule has 15 heteroatoms. The van der Waals surface area contributed by atoms with Crippen molar-refractivity contribution < 1.29 is 64.6 Å². The summed E-state index contributed by atoms with van der Waals surface area (Å²) in [6.07, 6.45) is -5.61. The van der Waals surface area contributed by atoms with E-state index in [9.17, 15) is 36.4 Å². The summed E-state index contributed by atoms with van der Waals surface area (Å²) in [7, 11) is -4.46. The standard InChI is InChI=1S/C20H26F2O12S/c1-4-13(30-3)33-18(25)14-9-7-10-15(14)19(26)34-17(10)16(9)32-12(24)6-5-11(23)31-8(2)20(21,22)35(27,28)29/h8-10,13-17H,4-7H2,1-3H3,(H,27,28,29). The van der Waals surface area contributed by atoms with Crippen molar-refractivity contribution in [3.8, 4) is 0 Å². The van der Waals surface area contributed by atoms with Gasteiger partial charge in [-0.3, -0.25) is 23.7 Å². The van der Waals surface area contributed by atoms with Crippen LogP contribution in [0.5, 0.6) is 0 Å². The molecule has 1 saturated heterocycles. The largest absolute Gasteiger partial charge is 0.458 e. The van der Waals surface area contributed by atoms with Crippen LogP contribution < -0.4 is 0 Å². The Morgan fingerprint density at radius 3 is 2.37 bits per heavy atom. The van der Waals surface area contributed by atoms with Gasteiger partial charge in [-0.25, -0.2) is 0 Å². The lowest BCUT2D eigenvalue weighted by Crippen LogP contribution is -2.44. The summed E-state index contributed by atoms with van der Waals surface area (Å²) in [6, 6.07) is 0. The van der Waals surface area contributed by atoms with Crippen molar-refractivity contribution in [2.45, 2.75) is 69.4 Å². The van der Waals surface area contributed by atoms with E-state index in [0.717, 1.165) is 0 Å². The van der Waals surface area contributed by atoms with Crippen LogP contribution in [0.1, 0.15) is 39.5 Å². The molecule has 0 radical (unpaired) electrons. The van der Waals surface area contributed by atoms with E-state index in [-0.39, 0.29) is 5.92 Å². The number of esters is 4. The van der Waals surface area contributed by atoms with E-state index >= 15 is 0 Å². The Bertz CT molecular complexity index is 979. The second-order valence-electron chi connectivity index (χ2n) is 8.65. The maximum Gasteiger partial charge on any atom is 0.405 e. The van der Waals surface area contributed by atoms with E-state index in [1.54, 1.807) is 6.92 Å². The maximum atomic E-state index is 13.5. The number of alkyl halides is 2. The van der Waals surface area contributed by atoms with E-state index in [1.807, 2.05) is 0 Å². The van der Waals surface area contributed by atoms with Crippen molar-refractivity contribution in [3.63, 3.8) is 0 Å². The van der Waals surface area contributed by atoms with Crippen LogP contribution in [0, 0.1) is 23.7 Å². The van der Waals surface area contributed by atoms with Gasteiger partial charge in [-0.2, -0.15) is 17.2 Å². The topological polar surface area (TPSA) is 169 Å². The third-order valence-electron chi connectivity index (χ3n) is 6.59. The normalized spacial score (nSPS) is 31.0. The Labute approximate surface area is 199 Å². The number of carbonyl (C=O) groups excluding carboxylic acids is 4. The molecule has 0 aromatic rings. The zero-order valence-corrected chi connectivity index (χ0v) is 19.9. The zero-order chi connectivity index (χ0) is 26.3. The number of hydrogen-bond acceptors (Lipinski definition) is 11. The first-order chi connectivity index (χ1) is 16.2. The number of ether oxygens (including phenoxy) is 5. The second-order valence-corrected chi connectivity index (χ2v) is 10.1. The molecule has 0 aromatic heterocycles. The highest BCUT2D eigenvalue weighted by atomic mass is 32.2. The Morgan fingerprint density at radius 1 is 1.17 bits per heavy atom. The fraction of sp³-hybridized carbons (Fsp3) is 0.800. The highest BCUT2D eigenvalue weighted by Crippen LogP contribution is 2.59. The van der Waals surface area contributed by atoms with Crippen LogP contribution in [0.25, 0.3) is 0 Å². The van der Waals surface area contributed by atoms with Crippen LogP contribution in [-0.2, 0) is 53.0 Å². The number of rotatable bonds is 11. The number of hydrogen-bond donors (Lipinski definition) is 1. The lowest BCUT2D eigenvalue weighted by atomic mass is 9.78. The van der Waals surface area contributed by atoms with Gasteiger partial charge >= 0.3 is 39.2 Å². The summed E-state index contributed by atoms with van der Waals surface area (Å²) in [5, 5.41) is -4.74. The lowest BCUT2D eigenvalue weighted by molar-refractivity contribution is -0.186. The van der Waals surface area contributed by atoms with Gasteiger partial charge in [0.15, 0.2) is 6.10 Å². The molecular formula is C20H26F2O12S. The van der Waals surface area contributed by atoms with Crippen molar-refractivity contribution in [3.05, 3.63) is 0 Å². The molecule has 0 amide bonds. The lowest BCUT2D eigenvalue weighted by Gasteiger charge is -2.31. The first-order valence-electron chi connectivity index (χ1n) is 10.9. The van der Waals surface area contributed by atoms with Crippen LogP contribution in [0.3, 0.4) is 0 Å². The third kappa shape index (κ3) is 5.11. The Balaban J connectivity index is 1.58. The van der Waals surface area contributed by atoms with Crippen LogP contribution >= 0.6 is 0 Å². The minimum absolute atomic E-state index is 0.348. The van der Waals surface area contributed by atoms with Gasteiger partial charge in [-0.15, -0.1) is 0 Å². The van der Waals surface area contributed by atoms with Gasteiger partial charge in [0.2, 0.25) is 6.29 Å². The van der Waals surface area contributed by atoms with E-state index in [4.69, 9.17) is 23.5 Å². The molecule has 8 atom stereocenters. The number of methoxy groups -OCH3 is 1. The van der Waals surface area contributed by atoms with Crippen LogP contribution in [-0.4, -0.2) is 73.8 Å². The minimum Gasteiger partial charge on any atom is -0.458 e. The quantitative estimate of drug-likeness (QED) is 0.174. The fourth-order valence-corrected chi connectivity index (χ4v) is 5.39. The molecule has 8 unspecified atom stereocenters. The zero-order valence-electron chi connectivity index (χ0n) is 19.0. The highest BCUT2D eigenvalue weighted by molar-refractivity contribution is 7.86. The third-order valence-corrected chi connectivity index (χ3v) is 7.61. The predicted molar refractivity (Wildman–Crippen MR) is 107 cm³/mol.